The summed E-state index contributed by atoms with van der Waals surface area (Å²) in [5, 5.41) is 17.4. The number of rotatable bonds is 2. The standard InChI is InChI=1S/C7H13NO3/c9-5-8-3-1-2-6(4-8)7(10)11/h6,9H,1-5H2,(H,10,11). The van der Waals surface area contributed by atoms with Gasteiger partial charge < -0.3 is 10.2 Å². The molecule has 0 aliphatic carbocycles. The zero-order valence-corrected chi connectivity index (χ0v) is 6.36. The Morgan fingerprint density at radius 1 is 1.64 bits per heavy atom. The van der Waals surface area contributed by atoms with Gasteiger partial charge in [0.2, 0.25) is 0 Å². The first kappa shape index (κ1) is 8.49. The van der Waals surface area contributed by atoms with Gasteiger partial charge in [-0.2, -0.15) is 0 Å². The highest BCUT2D eigenvalue weighted by atomic mass is 16.4. The number of aliphatic hydroxyl groups excluding tert-OH is 1. The second kappa shape index (κ2) is 3.69. The largest absolute Gasteiger partial charge is 0.481 e. The number of likely N-dealkylation sites (tertiary alicyclic amines) is 1. The van der Waals surface area contributed by atoms with Gasteiger partial charge in [-0.25, -0.2) is 0 Å². The second-order valence-corrected chi connectivity index (χ2v) is 2.90. The fourth-order valence-electron chi connectivity index (χ4n) is 1.39. The highest BCUT2D eigenvalue weighted by Crippen LogP contribution is 2.15. The van der Waals surface area contributed by atoms with Crippen molar-refractivity contribution in [3.05, 3.63) is 0 Å². The van der Waals surface area contributed by atoms with Crippen molar-refractivity contribution in [3.63, 3.8) is 0 Å². The molecule has 1 unspecified atom stereocenters. The first-order valence-electron chi connectivity index (χ1n) is 3.80. The SMILES string of the molecule is O=C(O)C1CCCN(CO)C1. The molecule has 2 N–H and O–H groups in total. The van der Waals surface area contributed by atoms with Crippen molar-refractivity contribution >= 4 is 5.97 Å². The first-order chi connectivity index (χ1) is 5.24. The summed E-state index contributed by atoms with van der Waals surface area (Å²) in [6, 6.07) is 0. The highest BCUT2D eigenvalue weighted by molar-refractivity contribution is 5.70. The van der Waals surface area contributed by atoms with Crippen LogP contribution in [-0.4, -0.2) is 40.9 Å². The molecule has 0 radical (unpaired) electrons. The second-order valence-electron chi connectivity index (χ2n) is 2.90. The Morgan fingerprint density at radius 3 is 2.91 bits per heavy atom. The Balaban J connectivity index is 2.39. The average Bonchev–Trinajstić information content (AvgIpc) is 2.05. The van der Waals surface area contributed by atoms with Crippen molar-refractivity contribution in [3.8, 4) is 0 Å². The van der Waals surface area contributed by atoms with Gasteiger partial charge in [0.15, 0.2) is 0 Å². The average molecular weight is 159 g/mol. The van der Waals surface area contributed by atoms with E-state index in [1.807, 2.05) is 0 Å². The number of piperidine rings is 1. The van der Waals surface area contributed by atoms with E-state index in [4.69, 9.17) is 10.2 Å². The summed E-state index contributed by atoms with van der Waals surface area (Å²) in [7, 11) is 0. The lowest BCUT2D eigenvalue weighted by Gasteiger charge is -2.28. The molecule has 1 atom stereocenters. The molecule has 0 aromatic heterocycles. The van der Waals surface area contributed by atoms with Crippen LogP contribution in [0.25, 0.3) is 0 Å². The monoisotopic (exact) mass is 159 g/mol. The number of aliphatic carboxylic acids is 1. The molecule has 1 aliphatic heterocycles. The van der Waals surface area contributed by atoms with Crippen LogP contribution in [0.1, 0.15) is 12.8 Å². The molecule has 0 aromatic rings. The van der Waals surface area contributed by atoms with Gasteiger partial charge >= 0.3 is 5.97 Å². The van der Waals surface area contributed by atoms with Crippen LogP contribution in [0.4, 0.5) is 0 Å². The fraction of sp³-hybridized carbons (Fsp3) is 0.857. The first-order valence-corrected chi connectivity index (χ1v) is 3.80. The number of hydrogen-bond donors (Lipinski definition) is 2. The summed E-state index contributed by atoms with van der Waals surface area (Å²) in [5.41, 5.74) is 0. The Hall–Kier alpha value is -0.610. The number of carboxylic acids is 1. The topological polar surface area (TPSA) is 60.8 Å². The van der Waals surface area contributed by atoms with Crippen LogP contribution in [0, 0.1) is 5.92 Å². The lowest BCUT2D eigenvalue weighted by Crippen LogP contribution is -2.38. The number of carbonyl (C=O) groups is 1. The van der Waals surface area contributed by atoms with Crippen LogP contribution in [0.5, 0.6) is 0 Å². The number of carboxylic acid groups (broad SMARTS) is 1. The van der Waals surface area contributed by atoms with Gasteiger partial charge in [0.25, 0.3) is 0 Å². The highest BCUT2D eigenvalue weighted by Gasteiger charge is 2.24. The van der Waals surface area contributed by atoms with Gasteiger partial charge in [-0.1, -0.05) is 0 Å². The summed E-state index contributed by atoms with van der Waals surface area (Å²) < 4.78 is 0. The molecule has 1 fully saturated rings. The van der Waals surface area contributed by atoms with E-state index in [1.54, 1.807) is 4.90 Å². The molecule has 0 saturated carbocycles. The Morgan fingerprint density at radius 2 is 2.36 bits per heavy atom. The lowest BCUT2D eigenvalue weighted by atomic mass is 9.99. The molecule has 4 nitrogen and oxygen atoms in total. The third-order valence-corrected chi connectivity index (χ3v) is 2.05. The molecule has 1 aliphatic rings. The van der Waals surface area contributed by atoms with Gasteiger partial charge in [-0.15, -0.1) is 0 Å². The van der Waals surface area contributed by atoms with E-state index in [0.717, 1.165) is 19.4 Å². The van der Waals surface area contributed by atoms with E-state index in [9.17, 15) is 4.79 Å². The molecule has 0 amide bonds. The third-order valence-electron chi connectivity index (χ3n) is 2.05. The van der Waals surface area contributed by atoms with Crippen LogP contribution < -0.4 is 0 Å². The van der Waals surface area contributed by atoms with E-state index in [2.05, 4.69) is 0 Å². The summed E-state index contributed by atoms with van der Waals surface area (Å²) in [6.45, 7) is 1.29. The minimum atomic E-state index is -0.747. The Labute approximate surface area is 65.4 Å². The van der Waals surface area contributed by atoms with Crippen LogP contribution in [-0.2, 0) is 4.79 Å². The zero-order valence-electron chi connectivity index (χ0n) is 6.36. The predicted molar refractivity (Wildman–Crippen MR) is 39.0 cm³/mol. The number of aliphatic hydroxyl groups is 1. The normalized spacial score (nSPS) is 26.8. The van der Waals surface area contributed by atoms with Crippen LogP contribution >= 0.6 is 0 Å². The number of nitrogens with zero attached hydrogens (tertiary/aromatic N) is 1. The van der Waals surface area contributed by atoms with E-state index in [1.165, 1.54) is 0 Å². The summed E-state index contributed by atoms with van der Waals surface area (Å²) >= 11 is 0. The Bertz CT molecular complexity index is 149. The van der Waals surface area contributed by atoms with Crippen molar-refractivity contribution in [2.75, 3.05) is 19.8 Å². The molecule has 4 heteroatoms. The maximum atomic E-state index is 10.5. The molecule has 11 heavy (non-hydrogen) atoms. The maximum absolute atomic E-state index is 10.5. The van der Waals surface area contributed by atoms with Crippen molar-refractivity contribution in [2.45, 2.75) is 12.8 Å². The van der Waals surface area contributed by atoms with Crippen molar-refractivity contribution in [2.24, 2.45) is 5.92 Å². The fourth-order valence-corrected chi connectivity index (χ4v) is 1.39. The predicted octanol–water partition coefficient (Wildman–Crippen LogP) is -0.267. The zero-order chi connectivity index (χ0) is 8.27. The molecule has 1 rings (SSSR count). The molecular weight excluding hydrogens is 146 g/mol. The summed E-state index contributed by atoms with van der Waals surface area (Å²) in [4.78, 5) is 12.3. The van der Waals surface area contributed by atoms with Gasteiger partial charge in [0.05, 0.1) is 12.6 Å². The summed E-state index contributed by atoms with van der Waals surface area (Å²) in [6.07, 6.45) is 1.61. The van der Waals surface area contributed by atoms with Crippen LogP contribution in [0.2, 0.25) is 0 Å². The summed E-state index contributed by atoms with van der Waals surface area (Å²) in [5.74, 6) is -1.03. The molecule has 0 spiro atoms. The molecule has 0 aromatic carbocycles. The van der Waals surface area contributed by atoms with E-state index >= 15 is 0 Å². The lowest BCUT2D eigenvalue weighted by molar-refractivity contribution is -0.144. The van der Waals surface area contributed by atoms with Gasteiger partial charge in [0, 0.05) is 13.1 Å². The molecule has 1 saturated heterocycles. The smallest absolute Gasteiger partial charge is 0.307 e. The number of hydrogen-bond acceptors (Lipinski definition) is 3. The van der Waals surface area contributed by atoms with Gasteiger partial charge in [-0.05, 0) is 12.8 Å². The van der Waals surface area contributed by atoms with Crippen LogP contribution in [0.15, 0.2) is 0 Å². The quantitative estimate of drug-likeness (QED) is 0.582. The van der Waals surface area contributed by atoms with Crippen molar-refractivity contribution in [1.82, 2.24) is 4.90 Å². The molecule has 1 heterocycles. The molecule has 0 bridgehead atoms. The van der Waals surface area contributed by atoms with E-state index < -0.39 is 5.97 Å². The van der Waals surface area contributed by atoms with Crippen LogP contribution in [0.3, 0.4) is 0 Å². The van der Waals surface area contributed by atoms with Gasteiger partial charge in [-0.3, -0.25) is 9.69 Å². The minimum Gasteiger partial charge on any atom is -0.481 e. The van der Waals surface area contributed by atoms with E-state index in [0.29, 0.717) is 6.54 Å². The van der Waals surface area contributed by atoms with Crippen molar-refractivity contribution < 1.29 is 15.0 Å². The Kier molecular flexibility index (Phi) is 2.84. The third kappa shape index (κ3) is 2.17. The molecule has 64 valence electrons. The van der Waals surface area contributed by atoms with E-state index in [-0.39, 0.29) is 12.6 Å². The van der Waals surface area contributed by atoms with Crippen molar-refractivity contribution in [1.29, 1.82) is 0 Å². The maximum Gasteiger partial charge on any atom is 0.307 e. The minimum absolute atomic E-state index is 0.0240. The van der Waals surface area contributed by atoms with Gasteiger partial charge in [0.1, 0.15) is 0 Å². The molecular formula is C7H13NO3.